The average Bonchev–Trinajstić information content (AvgIpc) is 0.771. The molecule has 8 saturated heterocycles. The van der Waals surface area contributed by atoms with Crippen molar-refractivity contribution in [3.8, 4) is 0 Å². The number of rotatable bonds is 22. The molecule has 544 valence electrons. The molecule has 0 bridgehead atoms. The van der Waals surface area contributed by atoms with Crippen molar-refractivity contribution < 1.29 is 188 Å². The van der Waals surface area contributed by atoms with Crippen LogP contribution in [0.15, 0.2) is 0 Å². The molecule has 0 aromatic rings. The van der Waals surface area contributed by atoms with Crippen LogP contribution in [0.5, 0.6) is 0 Å². The highest BCUT2D eigenvalue weighted by molar-refractivity contribution is 5.74. The molecule has 3 amide bonds. The van der Waals surface area contributed by atoms with Crippen molar-refractivity contribution in [1.29, 1.82) is 0 Å². The van der Waals surface area contributed by atoms with E-state index in [-0.39, 0.29) is 0 Å². The lowest BCUT2D eigenvalue weighted by atomic mass is 9.93. The minimum absolute atomic E-state index is 0.746. The Labute approximate surface area is 533 Å². The molecule has 94 heavy (non-hydrogen) atoms. The topological polar surface area (TPSA) is 630 Å². The zero-order valence-corrected chi connectivity index (χ0v) is 51.1. The van der Waals surface area contributed by atoms with E-state index in [1.165, 1.54) is 13.8 Å². The number of nitrogens with one attached hydrogen (secondary N) is 3. The summed E-state index contributed by atoms with van der Waals surface area (Å²) >= 11 is 0. The summed E-state index contributed by atoms with van der Waals surface area (Å²) in [5, 5.41) is 227. The van der Waals surface area contributed by atoms with E-state index in [0.29, 0.717) is 0 Å². The molecule has 0 aromatic carbocycles. The van der Waals surface area contributed by atoms with Gasteiger partial charge in [0.05, 0.1) is 51.8 Å². The van der Waals surface area contributed by atoms with E-state index in [2.05, 4.69) is 16.0 Å². The first-order valence-electron chi connectivity index (χ1n) is 30.2. The summed E-state index contributed by atoms with van der Waals surface area (Å²) in [4.78, 5) is 38.5. The minimum Gasteiger partial charge on any atom is -0.394 e. The molecule has 0 spiro atoms. The van der Waals surface area contributed by atoms with Crippen LogP contribution in [0.1, 0.15) is 34.6 Å². The molecule has 8 fully saturated rings. The van der Waals surface area contributed by atoms with Crippen LogP contribution in [0.3, 0.4) is 0 Å². The van der Waals surface area contributed by atoms with Crippen LogP contribution >= 0.6 is 0 Å². The maximum atomic E-state index is 13.3. The average molecular weight is 1380 g/mol. The Bertz CT molecular complexity index is 2420. The number of carbonyl (C=O) groups excluding carboxylic acids is 3. The van der Waals surface area contributed by atoms with Gasteiger partial charge in [0, 0.05) is 20.8 Å². The van der Waals surface area contributed by atoms with E-state index in [4.69, 9.17) is 71.1 Å². The standard InChI is InChI=1S/C53H89N3O38/c1-12-26(65)34(73)38(77)49(82-12)81-11-22-41(42(25(46(79)84-22)56-16(5)63)91-51-39(78)35(74)27(66)13(2)83-51)90-48-24(55-15(4)62)33(72)40(21(9-60)88-48)89-53-45(94-50-37(76)28(67)17(64)10-80-50)43(31(70)20(8-59)87-53)92-52-44(36(75)30(69)19(7-58)86-52)93-47-23(54-14(3)61)32(71)29(68)18(6-57)85-47/h12-13,17-53,57-60,64-79H,6-11H2,1-5H3,(H,54,61)(H,55,62)(H,56,63)/t12-,13-,17+,18+,19+,20+,21+,22+,23+,24+,25+,26+,27+,28-,29+,30+,31+,32+,33+,34+,35+,36-,37+,38-,39-,40+,41+,42+,43-,44-,45-,46+,47-,48-,49+,50-,51-,52+,53-/m0/s1. The molecule has 0 saturated carbocycles. The molecule has 8 rings (SSSR count). The van der Waals surface area contributed by atoms with E-state index in [1.807, 2.05) is 0 Å². The Morgan fingerprint density at radius 3 is 1.31 bits per heavy atom. The van der Waals surface area contributed by atoms with Gasteiger partial charge in [-0.2, -0.15) is 0 Å². The van der Waals surface area contributed by atoms with Crippen molar-refractivity contribution in [3.05, 3.63) is 0 Å². The second-order valence-electron chi connectivity index (χ2n) is 24.1. The van der Waals surface area contributed by atoms with Crippen molar-refractivity contribution >= 4 is 17.7 Å². The summed E-state index contributed by atoms with van der Waals surface area (Å²) in [7, 11) is 0. The normalized spacial score (nSPS) is 50.3. The van der Waals surface area contributed by atoms with Gasteiger partial charge in [-0.3, -0.25) is 14.4 Å². The molecule has 0 unspecified atom stereocenters. The molecule has 0 aromatic heterocycles. The molecule has 8 aliphatic heterocycles. The van der Waals surface area contributed by atoms with Gasteiger partial charge < -0.3 is 189 Å². The summed E-state index contributed by atoms with van der Waals surface area (Å²) in [5.41, 5.74) is 0. The van der Waals surface area contributed by atoms with Crippen molar-refractivity contribution in [1.82, 2.24) is 16.0 Å². The fourth-order valence-corrected chi connectivity index (χ4v) is 12.2. The van der Waals surface area contributed by atoms with Gasteiger partial charge in [-0.25, -0.2) is 0 Å². The van der Waals surface area contributed by atoms with Crippen molar-refractivity contribution in [2.45, 2.75) is 274 Å². The van der Waals surface area contributed by atoms with E-state index in [9.17, 15) is 117 Å². The van der Waals surface area contributed by atoms with Crippen LogP contribution in [0.2, 0.25) is 0 Å². The first kappa shape index (κ1) is 76.8. The number of aliphatic hydroxyl groups excluding tert-OH is 20. The Balaban J connectivity index is 1.16. The number of carbonyl (C=O) groups is 3. The Morgan fingerprint density at radius 1 is 0.340 bits per heavy atom. The third kappa shape index (κ3) is 16.7. The fourth-order valence-electron chi connectivity index (χ4n) is 12.2. The van der Waals surface area contributed by atoms with Gasteiger partial charge in [-0.05, 0) is 13.8 Å². The zero-order chi connectivity index (χ0) is 69.2. The largest absolute Gasteiger partial charge is 0.394 e. The van der Waals surface area contributed by atoms with Crippen molar-refractivity contribution in [3.63, 3.8) is 0 Å². The highest BCUT2D eigenvalue weighted by atomic mass is 16.8. The summed E-state index contributed by atoms with van der Waals surface area (Å²) in [6.07, 6.45) is -70.4. The lowest BCUT2D eigenvalue weighted by molar-refractivity contribution is -0.409. The van der Waals surface area contributed by atoms with Gasteiger partial charge in [0.15, 0.2) is 50.3 Å². The van der Waals surface area contributed by atoms with Gasteiger partial charge in [0.2, 0.25) is 17.7 Å². The third-order valence-electron chi connectivity index (χ3n) is 17.4. The van der Waals surface area contributed by atoms with Gasteiger partial charge >= 0.3 is 0 Å². The Hall–Kier alpha value is -2.99. The lowest BCUT2D eigenvalue weighted by Crippen LogP contribution is -2.72. The predicted molar refractivity (Wildman–Crippen MR) is 290 cm³/mol. The summed E-state index contributed by atoms with van der Waals surface area (Å²) in [5.74, 6) is -2.63. The fraction of sp³-hybridized carbons (Fsp3) is 0.943. The summed E-state index contributed by atoms with van der Waals surface area (Å²) in [6.45, 7) is -0.420. The van der Waals surface area contributed by atoms with Gasteiger partial charge in [0.1, 0.15) is 177 Å². The van der Waals surface area contributed by atoms with Crippen molar-refractivity contribution in [2.75, 3.05) is 39.6 Å². The van der Waals surface area contributed by atoms with Crippen LogP contribution in [-0.2, 0) is 85.4 Å². The first-order valence-corrected chi connectivity index (χ1v) is 30.2. The van der Waals surface area contributed by atoms with E-state index < -0.39 is 297 Å². The second-order valence-corrected chi connectivity index (χ2v) is 24.1. The SMILES string of the molecule is CC(=O)N[C@@H]1[C@@H](O[C@@H]2O[C@@H](C)[C@@H](O)[C@@H](O)[C@@H]2O)[C@H](O[C@@H]2O[C@H](CO)[C@@H](O[C@@H]3O[C@H](CO)[C@@H](O)[C@H](O[C@H]4O[C@H](CO)[C@@H](O)[C@H](O)[C@@H]4O[C@@H]4O[C@H](CO)[C@@H](O)[C@H](O)[C@H]4NC(C)=O)[C@@H]3O[C@@H]3OC[C@@H](O)[C@H](O)[C@H]3O)[C@H](O)[C@H]2NC(C)=O)[C@@H](CO[C@@H]2O[C@@H](C)[C@@H](O)[C@@H](O)[C@@H]2O)O[C@H]1O. The van der Waals surface area contributed by atoms with E-state index in [0.717, 1.165) is 20.8 Å². The molecular weight excluding hydrogens is 1290 g/mol. The zero-order valence-electron chi connectivity index (χ0n) is 51.1. The van der Waals surface area contributed by atoms with Crippen LogP contribution < -0.4 is 16.0 Å². The molecule has 8 aliphatic rings. The molecule has 0 radical (unpaired) electrons. The molecule has 39 atom stereocenters. The molecule has 41 nitrogen and oxygen atoms in total. The minimum atomic E-state index is -2.29. The first-order chi connectivity index (χ1) is 44.3. The Morgan fingerprint density at radius 2 is 0.755 bits per heavy atom. The van der Waals surface area contributed by atoms with Gasteiger partial charge in [0.25, 0.3) is 0 Å². The molecule has 23 N–H and O–H groups in total. The molecular formula is C53H89N3O38. The molecule has 8 heterocycles. The highest BCUT2D eigenvalue weighted by Crippen LogP contribution is 2.40. The third-order valence-corrected chi connectivity index (χ3v) is 17.4. The number of aliphatic hydroxyl groups is 20. The molecule has 0 aliphatic carbocycles. The van der Waals surface area contributed by atoms with Crippen LogP contribution in [0.4, 0.5) is 0 Å². The molecule has 41 heteroatoms. The maximum Gasteiger partial charge on any atom is 0.217 e. The number of hydrogen-bond acceptors (Lipinski definition) is 38. The quantitative estimate of drug-likeness (QED) is 0.0479. The van der Waals surface area contributed by atoms with E-state index >= 15 is 0 Å². The Kier molecular flexibility index (Phi) is 26.9. The van der Waals surface area contributed by atoms with Crippen LogP contribution in [-0.4, -0.2) is 399 Å². The van der Waals surface area contributed by atoms with Crippen LogP contribution in [0, 0.1) is 0 Å². The van der Waals surface area contributed by atoms with Gasteiger partial charge in [-0.1, -0.05) is 0 Å². The summed E-state index contributed by atoms with van der Waals surface area (Å²) < 4.78 is 90.0. The van der Waals surface area contributed by atoms with Crippen molar-refractivity contribution in [2.24, 2.45) is 0 Å². The monoisotopic (exact) mass is 1380 g/mol. The maximum absolute atomic E-state index is 13.3. The number of amides is 3. The van der Waals surface area contributed by atoms with E-state index in [1.54, 1.807) is 0 Å². The second kappa shape index (κ2) is 33.0. The predicted octanol–water partition coefficient (Wildman–Crippen LogP) is -15.3. The smallest absolute Gasteiger partial charge is 0.217 e. The summed E-state index contributed by atoms with van der Waals surface area (Å²) in [6, 6.07) is -5.49. The number of hydrogen-bond donors (Lipinski definition) is 23. The van der Waals surface area contributed by atoms with Crippen LogP contribution in [0.25, 0.3) is 0 Å². The highest BCUT2D eigenvalue weighted by Gasteiger charge is 2.60. The van der Waals surface area contributed by atoms with Gasteiger partial charge in [-0.15, -0.1) is 0 Å². The lowest BCUT2D eigenvalue weighted by Gasteiger charge is -2.52. The number of ether oxygens (including phenoxy) is 15.